The Hall–Kier alpha value is -1.94. The van der Waals surface area contributed by atoms with Crippen LogP contribution in [0.1, 0.15) is 18.3 Å². The molecule has 2 rings (SSSR count). The maximum Gasteiger partial charge on any atom is 0.130 e. The van der Waals surface area contributed by atoms with E-state index in [9.17, 15) is 4.39 Å². The molecule has 0 saturated carbocycles. The fourth-order valence-corrected chi connectivity index (χ4v) is 1.65. The van der Waals surface area contributed by atoms with Crippen LogP contribution in [-0.2, 0) is 13.2 Å². The highest BCUT2D eigenvalue weighted by atomic mass is 19.1. The Morgan fingerprint density at radius 1 is 1.11 bits per heavy atom. The van der Waals surface area contributed by atoms with Crippen LogP contribution in [0, 0.1) is 5.82 Å². The van der Waals surface area contributed by atoms with Crippen LogP contribution >= 0.6 is 0 Å². The predicted octanol–water partition coefficient (Wildman–Crippen LogP) is 2.91. The zero-order chi connectivity index (χ0) is 13.5. The molecule has 1 aromatic carbocycles. The molecular formula is C15H17FN2O. The first-order valence-corrected chi connectivity index (χ1v) is 6.32. The van der Waals surface area contributed by atoms with Gasteiger partial charge in [0.2, 0.25) is 0 Å². The molecular weight excluding hydrogens is 243 g/mol. The standard InChI is InChI=1S/C15H17FN2O/c1-2-17-10-13-4-3-5-14(18-13)11-19-15-8-6-12(16)7-9-15/h3-9,17H,2,10-11H2,1H3. The van der Waals surface area contributed by atoms with Gasteiger partial charge in [0.05, 0.1) is 11.4 Å². The molecule has 0 saturated heterocycles. The van der Waals surface area contributed by atoms with Crippen molar-refractivity contribution in [3.8, 4) is 5.75 Å². The summed E-state index contributed by atoms with van der Waals surface area (Å²) >= 11 is 0. The maximum atomic E-state index is 12.7. The van der Waals surface area contributed by atoms with E-state index in [1.807, 2.05) is 18.2 Å². The molecule has 0 atom stereocenters. The number of aromatic nitrogens is 1. The molecule has 3 nitrogen and oxygen atoms in total. The number of pyridine rings is 1. The van der Waals surface area contributed by atoms with Crippen LogP contribution in [0.3, 0.4) is 0 Å². The molecule has 19 heavy (non-hydrogen) atoms. The van der Waals surface area contributed by atoms with Crippen molar-refractivity contribution < 1.29 is 9.13 Å². The summed E-state index contributed by atoms with van der Waals surface area (Å²) in [4.78, 5) is 4.48. The lowest BCUT2D eigenvalue weighted by atomic mass is 10.3. The van der Waals surface area contributed by atoms with Gasteiger partial charge in [0.1, 0.15) is 18.2 Å². The summed E-state index contributed by atoms with van der Waals surface area (Å²) in [6.07, 6.45) is 0. The smallest absolute Gasteiger partial charge is 0.130 e. The van der Waals surface area contributed by atoms with Gasteiger partial charge < -0.3 is 10.1 Å². The Kier molecular flexibility index (Phi) is 4.86. The van der Waals surface area contributed by atoms with Crippen molar-refractivity contribution in [3.05, 3.63) is 59.7 Å². The molecule has 0 unspecified atom stereocenters. The van der Waals surface area contributed by atoms with E-state index in [0.717, 1.165) is 24.5 Å². The number of halogens is 1. The van der Waals surface area contributed by atoms with Crippen molar-refractivity contribution >= 4 is 0 Å². The molecule has 0 amide bonds. The lowest BCUT2D eigenvalue weighted by Gasteiger charge is -2.07. The van der Waals surface area contributed by atoms with Crippen LogP contribution in [-0.4, -0.2) is 11.5 Å². The van der Waals surface area contributed by atoms with E-state index in [-0.39, 0.29) is 5.82 Å². The third kappa shape index (κ3) is 4.34. The summed E-state index contributed by atoms with van der Waals surface area (Å²) < 4.78 is 18.3. The minimum atomic E-state index is -0.266. The van der Waals surface area contributed by atoms with Crippen molar-refractivity contribution in [1.82, 2.24) is 10.3 Å². The monoisotopic (exact) mass is 260 g/mol. The van der Waals surface area contributed by atoms with Gasteiger partial charge in [0, 0.05) is 6.54 Å². The minimum Gasteiger partial charge on any atom is -0.487 e. The average molecular weight is 260 g/mol. The first kappa shape index (κ1) is 13.5. The number of ether oxygens (including phenoxy) is 1. The highest BCUT2D eigenvalue weighted by Crippen LogP contribution is 2.13. The van der Waals surface area contributed by atoms with E-state index in [1.165, 1.54) is 12.1 Å². The van der Waals surface area contributed by atoms with Crippen LogP contribution in [0.25, 0.3) is 0 Å². The number of benzene rings is 1. The van der Waals surface area contributed by atoms with E-state index in [4.69, 9.17) is 4.74 Å². The second kappa shape index (κ2) is 6.85. The van der Waals surface area contributed by atoms with Crippen molar-refractivity contribution in [2.24, 2.45) is 0 Å². The van der Waals surface area contributed by atoms with Crippen molar-refractivity contribution in [2.75, 3.05) is 6.54 Å². The second-order valence-corrected chi connectivity index (χ2v) is 4.14. The molecule has 0 radical (unpaired) electrons. The Labute approximate surface area is 112 Å². The number of nitrogens with zero attached hydrogens (tertiary/aromatic N) is 1. The maximum absolute atomic E-state index is 12.7. The number of hydrogen-bond acceptors (Lipinski definition) is 3. The molecule has 0 aliphatic carbocycles. The SMILES string of the molecule is CCNCc1cccc(COc2ccc(F)cc2)n1. The Morgan fingerprint density at radius 3 is 2.58 bits per heavy atom. The largest absolute Gasteiger partial charge is 0.487 e. The zero-order valence-electron chi connectivity index (χ0n) is 10.9. The van der Waals surface area contributed by atoms with Crippen LogP contribution in [0.5, 0.6) is 5.75 Å². The van der Waals surface area contributed by atoms with E-state index >= 15 is 0 Å². The van der Waals surface area contributed by atoms with E-state index in [2.05, 4.69) is 17.2 Å². The molecule has 0 spiro atoms. The lowest BCUT2D eigenvalue weighted by molar-refractivity contribution is 0.300. The van der Waals surface area contributed by atoms with Crippen molar-refractivity contribution in [2.45, 2.75) is 20.1 Å². The van der Waals surface area contributed by atoms with Crippen LogP contribution in [0.2, 0.25) is 0 Å². The third-order valence-corrected chi connectivity index (χ3v) is 2.62. The van der Waals surface area contributed by atoms with E-state index in [0.29, 0.717) is 12.4 Å². The zero-order valence-corrected chi connectivity index (χ0v) is 10.9. The van der Waals surface area contributed by atoms with Gasteiger partial charge in [-0.2, -0.15) is 0 Å². The number of hydrogen-bond donors (Lipinski definition) is 1. The quantitative estimate of drug-likeness (QED) is 0.867. The summed E-state index contributed by atoms with van der Waals surface area (Å²) in [5.41, 5.74) is 1.85. The number of rotatable bonds is 6. The molecule has 4 heteroatoms. The van der Waals surface area contributed by atoms with Gasteiger partial charge >= 0.3 is 0 Å². The van der Waals surface area contributed by atoms with Crippen LogP contribution in [0.15, 0.2) is 42.5 Å². The van der Waals surface area contributed by atoms with Crippen molar-refractivity contribution in [3.63, 3.8) is 0 Å². The molecule has 2 aromatic rings. The van der Waals surface area contributed by atoms with Crippen LogP contribution < -0.4 is 10.1 Å². The second-order valence-electron chi connectivity index (χ2n) is 4.14. The van der Waals surface area contributed by atoms with Crippen LogP contribution in [0.4, 0.5) is 4.39 Å². The highest BCUT2D eigenvalue weighted by molar-refractivity contribution is 5.22. The molecule has 1 heterocycles. The summed E-state index contributed by atoms with van der Waals surface area (Å²) in [6.45, 7) is 4.10. The molecule has 100 valence electrons. The third-order valence-electron chi connectivity index (χ3n) is 2.62. The topological polar surface area (TPSA) is 34.1 Å². The van der Waals surface area contributed by atoms with Crippen molar-refractivity contribution in [1.29, 1.82) is 0 Å². The molecule has 0 aliphatic rings. The normalized spacial score (nSPS) is 10.4. The Morgan fingerprint density at radius 2 is 1.84 bits per heavy atom. The lowest BCUT2D eigenvalue weighted by Crippen LogP contribution is -2.13. The van der Waals surface area contributed by atoms with Gasteiger partial charge in [-0.05, 0) is 42.9 Å². The van der Waals surface area contributed by atoms with Gasteiger partial charge in [-0.15, -0.1) is 0 Å². The van der Waals surface area contributed by atoms with E-state index in [1.54, 1.807) is 12.1 Å². The van der Waals surface area contributed by atoms with E-state index < -0.39 is 0 Å². The summed E-state index contributed by atoms with van der Waals surface area (Å²) in [7, 11) is 0. The van der Waals surface area contributed by atoms with Gasteiger partial charge in [-0.25, -0.2) is 4.39 Å². The average Bonchev–Trinajstić information content (AvgIpc) is 2.45. The number of nitrogens with one attached hydrogen (secondary N) is 1. The molecule has 1 aromatic heterocycles. The Balaban J connectivity index is 1.93. The van der Waals surface area contributed by atoms with Gasteiger partial charge in [0.15, 0.2) is 0 Å². The van der Waals surface area contributed by atoms with Gasteiger partial charge in [0.25, 0.3) is 0 Å². The van der Waals surface area contributed by atoms with Gasteiger partial charge in [-0.3, -0.25) is 4.98 Å². The Bertz CT molecular complexity index is 514. The summed E-state index contributed by atoms with van der Waals surface area (Å²) in [5.74, 6) is 0.374. The first-order valence-electron chi connectivity index (χ1n) is 6.32. The molecule has 0 fully saturated rings. The first-order chi connectivity index (χ1) is 9.28. The predicted molar refractivity (Wildman–Crippen MR) is 72.3 cm³/mol. The molecule has 0 bridgehead atoms. The fraction of sp³-hybridized carbons (Fsp3) is 0.267. The molecule has 0 aliphatic heterocycles. The summed E-state index contributed by atoms with van der Waals surface area (Å²) in [5, 5.41) is 3.23. The summed E-state index contributed by atoms with van der Waals surface area (Å²) in [6, 6.07) is 11.8. The van der Waals surface area contributed by atoms with Gasteiger partial charge in [-0.1, -0.05) is 13.0 Å². The minimum absolute atomic E-state index is 0.266. The highest BCUT2D eigenvalue weighted by Gasteiger charge is 2.00. The molecule has 1 N–H and O–H groups in total. The fourth-order valence-electron chi connectivity index (χ4n) is 1.65.